The maximum absolute atomic E-state index is 13.8. The molecule has 2 atom stereocenters. The van der Waals surface area contributed by atoms with Crippen LogP contribution >= 0.6 is 0 Å². The Balaban J connectivity index is 1.99. The molecule has 2 rings (SSSR count). The van der Waals surface area contributed by atoms with Crippen molar-refractivity contribution in [3.63, 3.8) is 0 Å². The van der Waals surface area contributed by atoms with Crippen LogP contribution in [0.5, 0.6) is 0 Å². The first-order valence-electron chi connectivity index (χ1n) is 7.48. The lowest BCUT2D eigenvalue weighted by Crippen LogP contribution is -2.42. The van der Waals surface area contributed by atoms with Crippen LogP contribution in [0.4, 0.5) is 8.78 Å². The van der Waals surface area contributed by atoms with E-state index in [1.165, 1.54) is 6.92 Å². The highest BCUT2D eigenvalue weighted by Crippen LogP contribution is 2.24. The molecule has 2 unspecified atom stereocenters. The Hall–Kier alpha value is -2.02. The summed E-state index contributed by atoms with van der Waals surface area (Å²) in [6.45, 7) is 3.82. The molecule has 1 aromatic carbocycles. The summed E-state index contributed by atoms with van der Waals surface area (Å²) in [5.41, 5.74) is -1.78. The van der Waals surface area contributed by atoms with Crippen molar-refractivity contribution in [2.45, 2.75) is 25.9 Å². The largest absolute Gasteiger partial charge is 0.383 e. The molecule has 1 aromatic rings. The van der Waals surface area contributed by atoms with Gasteiger partial charge in [0, 0.05) is 31.1 Å². The second-order valence-electron chi connectivity index (χ2n) is 5.95. The molecule has 0 bridgehead atoms. The van der Waals surface area contributed by atoms with Crippen LogP contribution in [-0.2, 0) is 15.2 Å². The third-order valence-corrected chi connectivity index (χ3v) is 4.09. The third-order valence-electron chi connectivity index (χ3n) is 4.09. The zero-order valence-electron chi connectivity index (χ0n) is 13.1. The van der Waals surface area contributed by atoms with Gasteiger partial charge in [0.2, 0.25) is 11.8 Å². The fraction of sp³-hybridized carbons (Fsp3) is 0.500. The van der Waals surface area contributed by atoms with Crippen LogP contribution < -0.4 is 5.32 Å². The van der Waals surface area contributed by atoms with Gasteiger partial charge < -0.3 is 15.3 Å². The van der Waals surface area contributed by atoms with Gasteiger partial charge in [-0.25, -0.2) is 8.78 Å². The first-order chi connectivity index (χ1) is 10.7. The van der Waals surface area contributed by atoms with E-state index in [9.17, 15) is 23.5 Å². The minimum absolute atomic E-state index is 0.0796. The zero-order chi connectivity index (χ0) is 17.2. The molecule has 0 spiro atoms. The number of amides is 2. The standard InChI is InChI=1S/C16H20F2N2O3/c1-3-20-8-10(6-14(20)21)15(22)19-9-16(2,23)12-5-4-11(17)7-13(12)18/h4-5,7,10,23H,3,6,8-9H2,1-2H3,(H,19,22). The molecule has 0 aromatic heterocycles. The van der Waals surface area contributed by atoms with E-state index in [4.69, 9.17) is 0 Å². The van der Waals surface area contributed by atoms with Crippen LogP contribution in [0.25, 0.3) is 0 Å². The van der Waals surface area contributed by atoms with Crippen LogP contribution in [0.1, 0.15) is 25.8 Å². The molecule has 0 aliphatic carbocycles. The Bertz CT molecular complexity index is 619. The smallest absolute Gasteiger partial charge is 0.225 e. The summed E-state index contributed by atoms with van der Waals surface area (Å²) in [5.74, 6) is -2.54. The van der Waals surface area contributed by atoms with Crippen LogP contribution in [0.15, 0.2) is 18.2 Å². The van der Waals surface area contributed by atoms with Crippen LogP contribution in [-0.4, -0.2) is 41.5 Å². The maximum atomic E-state index is 13.8. The van der Waals surface area contributed by atoms with Gasteiger partial charge in [-0.2, -0.15) is 0 Å². The SMILES string of the molecule is CCN1CC(C(=O)NCC(C)(O)c2ccc(F)cc2F)CC1=O. The van der Waals surface area contributed by atoms with E-state index >= 15 is 0 Å². The van der Waals surface area contributed by atoms with Crippen molar-refractivity contribution in [1.82, 2.24) is 10.2 Å². The molecule has 5 nitrogen and oxygen atoms in total. The van der Waals surface area contributed by atoms with Gasteiger partial charge in [0.25, 0.3) is 0 Å². The minimum atomic E-state index is -1.68. The number of benzene rings is 1. The fourth-order valence-electron chi connectivity index (χ4n) is 2.68. The van der Waals surface area contributed by atoms with E-state index in [1.807, 2.05) is 6.92 Å². The lowest BCUT2D eigenvalue weighted by molar-refractivity contribution is -0.129. The van der Waals surface area contributed by atoms with Crippen molar-refractivity contribution < 1.29 is 23.5 Å². The molecule has 2 amide bonds. The average molecular weight is 326 g/mol. The summed E-state index contributed by atoms with van der Waals surface area (Å²) >= 11 is 0. The Morgan fingerprint density at radius 3 is 2.74 bits per heavy atom. The van der Waals surface area contributed by atoms with Gasteiger partial charge in [-0.1, -0.05) is 6.07 Å². The summed E-state index contributed by atoms with van der Waals surface area (Å²) in [7, 11) is 0. The number of likely N-dealkylation sites (tertiary alicyclic amines) is 1. The summed E-state index contributed by atoms with van der Waals surface area (Å²) < 4.78 is 26.7. The second kappa shape index (κ2) is 6.62. The molecule has 1 saturated heterocycles. The Morgan fingerprint density at radius 2 is 2.17 bits per heavy atom. The van der Waals surface area contributed by atoms with Gasteiger partial charge in [-0.3, -0.25) is 9.59 Å². The molecule has 1 aliphatic rings. The molecule has 2 N–H and O–H groups in total. The molecular formula is C16H20F2N2O3. The second-order valence-corrected chi connectivity index (χ2v) is 5.95. The highest BCUT2D eigenvalue weighted by atomic mass is 19.1. The van der Waals surface area contributed by atoms with Crippen molar-refractivity contribution in [1.29, 1.82) is 0 Å². The van der Waals surface area contributed by atoms with Gasteiger partial charge in [0.05, 0.1) is 12.5 Å². The molecular weight excluding hydrogens is 306 g/mol. The number of halogens is 2. The van der Waals surface area contributed by atoms with Crippen molar-refractivity contribution in [2.24, 2.45) is 5.92 Å². The van der Waals surface area contributed by atoms with Gasteiger partial charge in [0.1, 0.15) is 17.2 Å². The first-order valence-corrected chi connectivity index (χ1v) is 7.48. The molecule has 0 saturated carbocycles. The van der Waals surface area contributed by atoms with Gasteiger partial charge in [0.15, 0.2) is 0 Å². The first kappa shape index (κ1) is 17.3. The van der Waals surface area contributed by atoms with E-state index in [0.29, 0.717) is 19.2 Å². The van der Waals surface area contributed by atoms with Crippen molar-refractivity contribution >= 4 is 11.8 Å². The minimum Gasteiger partial charge on any atom is -0.383 e. The van der Waals surface area contributed by atoms with Crippen LogP contribution in [0, 0.1) is 17.6 Å². The lowest BCUT2D eigenvalue weighted by atomic mass is 9.95. The Labute approximate surface area is 133 Å². The van der Waals surface area contributed by atoms with Crippen LogP contribution in [0.2, 0.25) is 0 Å². The summed E-state index contributed by atoms with van der Waals surface area (Å²) in [6.07, 6.45) is 0.132. The van der Waals surface area contributed by atoms with Crippen LogP contribution in [0.3, 0.4) is 0 Å². The molecule has 1 fully saturated rings. The number of hydrogen-bond acceptors (Lipinski definition) is 3. The summed E-state index contributed by atoms with van der Waals surface area (Å²) in [5, 5.41) is 12.9. The van der Waals surface area contributed by atoms with Crippen molar-refractivity contribution in [3.8, 4) is 0 Å². The number of carbonyl (C=O) groups is 2. The highest BCUT2D eigenvalue weighted by molar-refractivity contribution is 5.89. The van der Waals surface area contributed by atoms with E-state index in [1.54, 1.807) is 4.90 Å². The third kappa shape index (κ3) is 3.85. The normalized spacial score (nSPS) is 20.5. The molecule has 23 heavy (non-hydrogen) atoms. The number of hydrogen-bond donors (Lipinski definition) is 2. The quantitative estimate of drug-likeness (QED) is 0.853. The summed E-state index contributed by atoms with van der Waals surface area (Å²) in [4.78, 5) is 25.3. The fourth-order valence-corrected chi connectivity index (χ4v) is 2.68. The topological polar surface area (TPSA) is 69.6 Å². The summed E-state index contributed by atoms with van der Waals surface area (Å²) in [6, 6.07) is 2.87. The molecule has 0 radical (unpaired) electrons. The molecule has 1 heterocycles. The van der Waals surface area contributed by atoms with E-state index < -0.39 is 23.2 Å². The number of aliphatic hydroxyl groups is 1. The number of nitrogens with one attached hydrogen (secondary N) is 1. The van der Waals surface area contributed by atoms with Gasteiger partial charge >= 0.3 is 0 Å². The predicted molar refractivity (Wildman–Crippen MR) is 79.3 cm³/mol. The Kier molecular flexibility index (Phi) is 4.99. The van der Waals surface area contributed by atoms with Gasteiger partial charge in [-0.15, -0.1) is 0 Å². The van der Waals surface area contributed by atoms with E-state index in [-0.39, 0.29) is 30.3 Å². The number of rotatable bonds is 5. The van der Waals surface area contributed by atoms with Crippen molar-refractivity contribution in [2.75, 3.05) is 19.6 Å². The average Bonchev–Trinajstić information content (AvgIpc) is 2.85. The van der Waals surface area contributed by atoms with E-state index in [2.05, 4.69) is 5.32 Å². The lowest BCUT2D eigenvalue weighted by Gasteiger charge is -2.25. The predicted octanol–water partition coefficient (Wildman–Crippen LogP) is 1.16. The molecule has 1 aliphatic heterocycles. The van der Waals surface area contributed by atoms with Gasteiger partial charge in [-0.05, 0) is 19.9 Å². The number of carbonyl (C=O) groups excluding carboxylic acids is 2. The zero-order valence-corrected chi connectivity index (χ0v) is 13.1. The highest BCUT2D eigenvalue weighted by Gasteiger charge is 2.35. The van der Waals surface area contributed by atoms with E-state index in [0.717, 1.165) is 12.1 Å². The maximum Gasteiger partial charge on any atom is 0.225 e. The number of nitrogens with zero attached hydrogens (tertiary/aromatic N) is 1. The molecule has 126 valence electrons. The Morgan fingerprint density at radius 1 is 1.48 bits per heavy atom. The monoisotopic (exact) mass is 326 g/mol. The molecule has 7 heteroatoms. The van der Waals surface area contributed by atoms with Crippen molar-refractivity contribution in [3.05, 3.63) is 35.4 Å².